The summed E-state index contributed by atoms with van der Waals surface area (Å²) in [6.07, 6.45) is 2.31. The van der Waals surface area contributed by atoms with E-state index in [0.29, 0.717) is 50.4 Å². The van der Waals surface area contributed by atoms with Crippen LogP contribution in [0.3, 0.4) is 0 Å². The van der Waals surface area contributed by atoms with Gasteiger partial charge in [-0.3, -0.25) is 14.4 Å². The fourth-order valence-corrected chi connectivity index (χ4v) is 6.10. The molecular formula is C22H29N3O7S. The highest BCUT2D eigenvalue weighted by atomic mass is 32.2. The van der Waals surface area contributed by atoms with E-state index in [2.05, 4.69) is 5.32 Å². The monoisotopic (exact) mass is 479 g/mol. The Balaban J connectivity index is 1.37. The highest BCUT2D eigenvalue weighted by Crippen LogP contribution is 2.33. The van der Waals surface area contributed by atoms with Crippen molar-refractivity contribution < 1.29 is 32.3 Å². The van der Waals surface area contributed by atoms with Gasteiger partial charge in [0.1, 0.15) is 5.75 Å². The SMILES string of the molecule is CCOC(=O)[C@H]1CCCN(C(=O)C2CCN(S(=O)(=O)c3ccc4c(c3)NC(=O)CO4)CC2)C1. The maximum Gasteiger partial charge on any atom is 0.310 e. The summed E-state index contributed by atoms with van der Waals surface area (Å²) in [4.78, 5) is 38.5. The van der Waals surface area contributed by atoms with Crippen molar-refractivity contribution in [1.29, 1.82) is 0 Å². The Labute approximate surface area is 193 Å². The zero-order valence-electron chi connectivity index (χ0n) is 18.6. The van der Waals surface area contributed by atoms with Crippen LogP contribution < -0.4 is 10.1 Å². The molecule has 33 heavy (non-hydrogen) atoms. The van der Waals surface area contributed by atoms with E-state index in [1.165, 1.54) is 22.5 Å². The van der Waals surface area contributed by atoms with Gasteiger partial charge in [0, 0.05) is 32.1 Å². The largest absolute Gasteiger partial charge is 0.482 e. The smallest absolute Gasteiger partial charge is 0.310 e. The van der Waals surface area contributed by atoms with Gasteiger partial charge in [-0.05, 0) is 50.8 Å². The Hall–Kier alpha value is -2.66. The second-order valence-electron chi connectivity index (χ2n) is 8.55. The van der Waals surface area contributed by atoms with Gasteiger partial charge >= 0.3 is 5.97 Å². The molecule has 3 aliphatic rings. The van der Waals surface area contributed by atoms with Crippen LogP contribution in [0.4, 0.5) is 5.69 Å². The predicted octanol–water partition coefficient (Wildman–Crippen LogP) is 1.22. The molecule has 0 aromatic heterocycles. The lowest BCUT2D eigenvalue weighted by molar-refractivity contribution is -0.152. The van der Waals surface area contributed by atoms with Crippen LogP contribution in [0.5, 0.6) is 5.75 Å². The fraction of sp³-hybridized carbons (Fsp3) is 0.591. The highest BCUT2D eigenvalue weighted by Gasteiger charge is 2.36. The quantitative estimate of drug-likeness (QED) is 0.630. The van der Waals surface area contributed by atoms with Crippen molar-refractivity contribution in [2.45, 2.75) is 37.5 Å². The molecule has 3 aliphatic heterocycles. The average molecular weight is 480 g/mol. The molecule has 0 bridgehead atoms. The van der Waals surface area contributed by atoms with Crippen LogP contribution in [-0.2, 0) is 29.1 Å². The second kappa shape index (κ2) is 9.68. The molecule has 0 spiro atoms. The van der Waals surface area contributed by atoms with E-state index < -0.39 is 10.0 Å². The van der Waals surface area contributed by atoms with E-state index in [1.54, 1.807) is 11.8 Å². The number of piperidine rings is 2. The molecule has 2 saturated heterocycles. The number of hydrogen-bond donors (Lipinski definition) is 1. The van der Waals surface area contributed by atoms with Crippen LogP contribution in [0.25, 0.3) is 0 Å². The molecule has 1 aromatic rings. The van der Waals surface area contributed by atoms with Gasteiger partial charge in [-0.1, -0.05) is 0 Å². The molecule has 1 N–H and O–H groups in total. The summed E-state index contributed by atoms with van der Waals surface area (Å²) in [5.74, 6) is -0.748. The molecule has 11 heteroatoms. The molecule has 0 aliphatic carbocycles. The number of carbonyl (C=O) groups is 3. The zero-order chi connectivity index (χ0) is 23.6. The number of anilines is 1. The van der Waals surface area contributed by atoms with Gasteiger partial charge in [0.2, 0.25) is 15.9 Å². The lowest BCUT2D eigenvalue weighted by atomic mass is 9.93. The van der Waals surface area contributed by atoms with Gasteiger partial charge in [-0.2, -0.15) is 4.31 Å². The summed E-state index contributed by atoms with van der Waals surface area (Å²) < 4.78 is 38.1. The van der Waals surface area contributed by atoms with E-state index in [1.807, 2.05) is 0 Å². The number of ether oxygens (including phenoxy) is 2. The minimum absolute atomic E-state index is 0.0188. The third-order valence-electron chi connectivity index (χ3n) is 6.38. The Kier molecular flexibility index (Phi) is 6.89. The van der Waals surface area contributed by atoms with Crippen LogP contribution in [-0.4, -0.2) is 74.8 Å². The Morgan fingerprint density at radius 3 is 2.64 bits per heavy atom. The predicted molar refractivity (Wildman–Crippen MR) is 118 cm³/mol. The van der Waals surface area contributed by atoms with Gasteiger partial charge in [0.15, 0.2) is 6.61 Å². The first-order valence-electron chi connectivity index (χ1n) is 11.3. The van der Waals surface area contributed by atoms with Crippen molar-refractivity contribution in [2.75, 3.05) is 44.7 Å². The first-order valence-corrected chi connectivity index (χ1v) is 12.8. The number of benzene rings is 1. The Morgan fingerprint density at radius 1 is 1.15 bits per heavy atom. The number of fused-ring (bicyclic) bond motifs is 1. The van der Waals surface area contributed by atoms with Gasteiger partial charge in [0.05, 0.1) is 23.1 Å². The van der Waals surface area contributed by atoms with Gasteiger partial charge in [-0.25, -0.2) is 8.42 Å². The zero-order valence-corrected chi connectivity index (χ0v) is 19.4. The maximum absolute atomic E-state index is 13.1. The summed E-state index contributed by atoms with van der Waals surface area (Å²) in [7, 11) is -3.77. The number of nitrogens with one attached hydrogen (secondary N) is 1. The van der Waals surface area contributed by atoms with E-state index >= 15 is 0 Å². The normalized spacial score (nSPS) is 22.2. The molecule has 2 fully saturated rings. The van der Waals surface area contributed by atoms with Crippen LogP contribution in [0.2, 0.25) is 0 Å². The number of amides is 2. The molecule has 3 heterocycles. The van der Waals surface area contributed by atoms with Crippen molar-refractivity contribution in [1.82, 2.24) is 9.21 Å². The lowest BCUT2D eigenvalue weighted by Gasteiger charge is -2.37. The molecule has 4 rings (SSSR count). The van der Waals surface area contributed by atoms with E-state index in [9.17, 15) is 22.8 Å². The third-order valence-corrected chi connectivity index (χ3v) is 8.27. The van der Waals surface area contributed by atoms with Crippen molar-refractivity contribution >= 4 is 33.5 Å². The molecule has 0 unspecified atom stereocenters. The second-order valence-corrected chi connectivity index (χ2v) is 10.5. The molecular weight excluding hydrogens is 450 g/mol. The fourth-order valence-electron chi connectivity index (χ4n) is 4.60. The van der Waals surface area contributed by atoms with E-state index in [0.717, 1.165) is 6.42 Å². The first kappa shape index (κ1) is 23.5. The third kappa shape index (κ3) is 4.98. The molecule has 1 atom stereocenters. The summed E-state index contributed by atoms with van der Waals surface area (Å²) >= 11 is 0. The topological polar surface area (TPSA) is 122 Å². The Morgan fingerprint density at radius 2 is 1.91 bits per heavy atom. The number of hydrogen-bond acceptors (Lipinski definition) is 7. The van der Waals surface area contributed by atoms with E-state index in [4.69, 9.17) is 9.47 Å². The van der Waals surface area contributed by atoms with Gasteiger partial charge < -0.3 is 19.7 Å². The number of nitrogens with zero attached hydrogens (tertiary/aromatic N) is 2. The minimum Gasteiger partial charge on any atom is -0.482 e. The molecule has 1 aromatic carbocycles. The number of likely N-dealkylation sites (tertiary alicyclic amines) is 1. The lowest BCUT2D eigenvalue weighted by Crippen LogP contribution is -2.48. The minimum atomic E-state index is -3.77. The molecule has 10 nitrogen and oxygen atoms in total. The number of sulfonamides is 1. The van der Waals surface area contributed by atoms with Crippen molar-refractivity contribution in [3.05, 3.63) is 18.2 Å². The standard InChI is InChI=1S/C22H29N3O7S/c1-2-31-22(28)16-4-3-9-24(13-16)21(27)15-7-10-25(11-8-15)33(29,30)17-5-6-19-18(12-17)23-20(26)14-32-19/h5-6,12,15-16H,2-4,7-11,13-14H2,1H3,(H,23,26)/t16-/m0/s1. The van der Waals surface area contributed by atoms with Crippen LogP contribution >= 0.6 is 0 Å². The van der Waals surface area contributed by atoms with Gasteiger partial charge in [-0.15, -0.1) is 0 Å². The molecule has 0 saturated carbocycles. The van der Waals surface area contributed by atoms with E-state index in [-0.39, 0.29) is 54.2 Å². The van der Waals surface area contributed by atoms with Crippen molar-refractivity contribution in [3.8, 4) is 5.75 Å². The number of carbonyl (C=O) groups excluding carboxylic acids is 3. The van der Waals surface area contributed by atoms with Crippen LogP contribution in [0.1, 0.15) is 32.6 Å². The first-order chi connectivity index (χ1) is 15.8. The molecule has 180 valence electrons. The summed E-state index contributed by atoms with van der Waals surface area (Å²) in [6, 6.07) is 4.41. The van der Waals surface area contributed by atoms with Gasteiger partial charge in [0.25, 0.3) is 5.91 Å². The average Bonchev–Trinajstić information content (AvgIpc) is 2.83. The van der Waals surface area contributed by atoms with Crippen LogP contribution in [0.15, 0.2) is 23.1 Å². The number of esters is 1. The molecule has 2 amide bonds. The van der Waals surface area contributed by atoms with Crippen molar-refractivity contribution in [3.63, 3.8) is 0 Å². The Bertz CT molecular complexity index is 1030. The molecule has 0 radical (unpaired) electrons. The number of rotatable bonds is 5. The summed E-state index contributed by atoms with van der Waals surface area (Å²) in [6.45, 7) is 3.41. The summed E-state index contributed by atoms with van der Waals surface area (Å²) in [5.41, 5.74) is 0.332. The highest BCUT2D eigenvalue weighted by molar-refractivity contribution is 7.89. The van der Waals surface area contributed by atoms with Crippen LogP contribution in [0, 0.1) is 11.8 Å². The summed E-state index contributed by atoms with van der Waals surface area (Å²) in [5, 5.41) is 2.62. The maximum atomic E-state index is 13.1. The van der Waals surface area contributed by atoms with Crippen molar-refractivity contribution in [2.24, 2.45) is 11.8 Å².